The second-order valence-electron chi connectivity index (χ2n) is 5.30. The highest BCUT2D eigenvalue weighted by Gasteiger charge is 2.19. The van der Waals surface area contributed by atoms with E-state index in [0.717, 1.165) is 0 Å². The van der Waals surface area contributed by atoms with Crippen molar-refractivity contribution in [2.24, 2.45) is 10.9 Å². The average molecular weight is 315 g/mol. The number of hydrogen-bond donors (Lipinski definition) is 4. The van der Waals surface area contributed by atoms with Crippen molar-refractivity contribution in [2.75, 3.05) is 18.9 Å². The summed E-state index contributed by atoms with van der Waals surface area (Å²) in [6.07, 6.45) is 0. The number of oxime groups is 1. The van der Waals surface area contributed by atoms with Gasteiger partial charge < -0.3 is 21.4 Å². The van der Waals surface area contributed by atoms with E-state index in [1.54, 1.807) is 19.9 Å². The molecule has 0 saturated heterocycles. The number of aliphatic hydroxyl groups is 1. The van der Waals surface area contributed by atoms with Crippen LogP contribution in [0.3, 0.4) is 0 Å². The zero-order valence-electron chi connectivity index (χ0n) is 12.1. The van der Waals surface area contributed by atoms with Crippen molar-refractivity contribution in [3.63, 3.8) is 0 Å². The number of benzene rings is 1. The molecule has 0 unspecified atom stereocenters. The fraction of sp³-hybridized carbons (Fsp3) is 0.462. The van der Waals surface area contributed by atoms with Gasteiger partial charge in [-0.15, -0.1) is 0 Å². The van der Waals surface area contributed by atoms with E-state index in [1.807, 2.05) is 0 Å². The first kappa shape index (κ1) is 17.4. The summed E-state index contributed by atoms with van der Waals surface area (Å²) in [6.45, 7) is 3.67. The summed E-state index contributed by atoms with van der Waals surface area (Å²) in [7, 11) is -3.49. The first-order valence-corrected chi connectivity index (χ1v) is 8.04. The topological polar surface area (TPSA) is 125 Å². The molecule has 7 nitrogen and oxygen atoms in total. The van der Waals surface area contributed by atoms with Crippen LogP contribution in [-0.2, 0) is 9.84 Å². The number of nitrogens with one attached hydrogen (secondary N) is 1. The van der Waals surface area contributed by atoms with Crippen LogP contribution in [0.25, 0.3) is 0 Å². The standard InChI is InChI=1S/C13H21N3O4S/c1-13(2,9-17)15-6-7-21(19,20)11-5-3-4-10(8-11)12(14)16-18/h3-5,8,15,17-18H,6-7,9H2,1-2H3,(H2,14,16). The molecule has 0 aliphatic rings. The Morgan fingerprint density at radius 2 is 2.10 bits per heavy atom. The van der Waals surface area contributed by atoms with Crippen molar-refractivity contribution in [1.29, 1.82) is 0 Å². The Balaban J connectivity index is 2.84. The molecule has 0 aliphatic carbocycles. The predicted molar refractivity (Wildman–Crippen MR) is 80.2 cm³/mol. The van der Waals surface area contributed by atoms with Crippen molar-refractivity contribution in [3.05, 3.63) is 29.8 Å². The molecule has 8 heteroatoms. The predicted octanol–water partition coefficient (Wildman–Crippen LogP) is -0.0847. The minimum atomic E-state index is -3.49. The molecule has 0 heterocycles. The summed E-state index contributed by atoms with van der Waals surface area (Å²) < 4.78 is 24.4. The van der Waals surface area contributed by atoms with Gasteiger partial charge in [0.2, 0.25) is 0 Å². The number of nitrogens with two attached hydrogens (primary N) is 1. The van der Waals surface area contributed by atoms with Crippen LogP contribution < -0.4 is 11.1 Å². The van der Waals surface area contributed by atoms with Crippen molar-refractivity contribution < 1.29 is 18.7 Å². The molecule has 1 rings (SSSR count). The average Bonchev–Trinajstić information content (AvgIpc) is 2.46. The van der Waals surface area contributed by atoms with Gasteiger partial charge in [-0.05, 0) is 26.0 Å². The van der Waals surface area contributed by atoms with Crippen molar-refractivity contribution in [3.8, 4) is 0 Å². The van der Waals surface area contributed by atoms with E-state index in [0.29, 0.717) is 5.56 Å². The molecule has 21 heavy (non-hydrogen) atoms. The Bertz CT molecular complexity index is 612. The van der Waals surface area contributed by atoms with Crippen molar-refractivity contribution in [2.45, 2.75) is 24.3 Å². The molecule has 0 radical (unpaired) electrons. The fourth-order valence-electron chi connectivity index (χ4n) is 1.60. The molecular weight excluding hydrogens is 294 g/mol. The maximum absolute atomic E-state index is 12.2. The van der Waals surface area contributed by atoms with Crippen LogP contribution in [0.4, 0.5) is 0 Å². The smallest absolute Gasteiger partial charge is 0.179 e. The molecular formula is C13H21N3O4S. The molecule has 0 spiro atoms. The molecule has 118 valence electrons. The molecule has 1 aromatic rings. The van der Waals surface area contributed by atoms with E-state index in [2.05, 4.69) is 10.5 Å². The zero-order chi connectivity index (χ0) is 16.1. The van der Waals surface area contributed by atoms with Gasteiger partial charge in [0, 0.05) is 17.6 Å². The fourth-order valence-corrected chi connectivity index (χ4v) is 2.80. The minimum absolute atomic E-state index is 0.0912. The van der Waals surface area contributed by atoms with Gasteiger partial charge in [-0.3, -0.25) is 0 Å². The molecule has 0 atom stereocenters. The van der Waals surface area contributed by atoms with Crippen LogP contribution in [0.2, 0.25) is 0 Å². The number of amidine groups is 1. The second-order valence-corrected chi connectivity index (χ2v) is 7.41. The van der Waals surface area contributed by atoms with Crippen LogP contribution in [0.15, 0.2) is 34.3 Å². The van der Waals surface area contributed by atoms with Gasteiger partial charge in [0.1, 0.15) is 0 Å². The van der Waals surface area contributed by atoms with Crippen LogP contribution >= 0.6 is 0 Å². The lowest BCUT2D eigenvalue weighted by Gasteiger charge is -2.23. The zero-order valence-corrected chi connectivity index (χ0v) is 12.9. The van der Waals surface area contributed by atoms with E-state index >= 15 is 0 Å². The summed E-state index contributed by atoms with van der Waals surface area (Å²) in [4.78, 5) is 0.107. The van der Waals surface area contributed by atoms with Gasteiger partial charge in [0.05, 0.1) is 17.3 Å². The van der Waals surface area contributed by atoms with Crippen molar-refractivity contribution >= 4 is 15.7 Å². The van der Waals surface area contributed by atoms with E-state index in [4.69, 9.17) is 16.0 Å². The maximum atomic E-state index is 12.2. The van der Waals surface area contributed by atoms with Gasteiger partial charge in [0.15, 0.2) is 15.7 Å². The number of nitrogens with zero attached hydrogens (tertiary/aromatic N) is 1. The molecule has 0 saturated carbocycles. The third-order valence-corrected chi connectivity index (χ3v) is 4.68. The van der Waals surface area contributed by atoms with Crippen LogP contribution in [0, 0.1) is 0 Å². The summed E-state index contributed by atoms with van der Waals surface area (Å²) in [5.74, 6) is -0.262. The normalized spacial score (nSPS) is 13.4. The quantitative estimate of drug-likeness (QED) is 0.241. The Labute approximate surface area is 124 Å². The minimum Gasteiger partial charge on any atom is -0.409 e. The van der Waals surface area contributed by atoms with Crippen LogP contribution in [0.5, 0.6) is 0 Å². The first-order chi connectivity index (χ1) is 9.72. The van der Waals surface area contributed by atoms with Gasteiger partial charge in [-0.2, -0.15) is 0 Å². The molecule has 0 fully saturated rings. The van der Waals surface area contributed by atoms with Gasteiger partial charge in [0.25, 0.3) is 0 Å². The van der Waals surface area contributed by atoms with Crippen LogP contribution in [0.1, 0.15) is 19.4 Å². The highest BCUT2D eigenvalue weighted by molar-refractivity contribution is 7.91. The number of sulfone groups is 1. The molecule has 0 aliphatic heterocycles. The molecule has 0 amide bonds. The Morgan fingerprint density at radius 1 is 1.43 bits per heavy atom. The number of hydrogen-bond acceptors (Lipinski definition) is 6. The molecule has 0 aromatic heterocycles. The van der Waals surface area contributed by atoms with Gasteiger partial charge >= 0.3 is 0 Å². The Hall–Kier alpha value is -1.64. The van der Waals surface area contributed by atoms with Crippen LogP contribution in [-0.4, -0.2) is 49.0 Å². The van der Waals surface area contributed by atoms with E-state index < -0.39 is 15.4 Å². The van der Waals surface area contributed by atoms with Gasteiger partial charge in [-0.25, -0.2) is 8.42 Å². The Morgan fingerprint density at radius 3 is 2.67 bits per heavy atom. The summed E-state index contributed by atoms with van der Waals surface area (Å²) in [6, 6.07) is 5.91. The highest BCUT2D eigenvalue weighted by atomic mass is 32.2. The monoisotopic (exact) mass is 315 g/mol. The van der Waals surface area contributed by atoms with E-state index in [1.165, 1.54) is 18.2 Å². The molecule has 0 bridgehead atoms. The third-order valence-electron chi connectivity index (χ3n) is 2.97. The maximum Gasteiger partial charge on any atom is 0.179 e. The lowest BCUT2D eigenvalue weighted by atomic mass is 10.1. The Kier molecular flexibility index (Phi) is 5.70. The van der Waals surface area contributed by atoms with E-state index in [9.17, 15) is 8.42 Å². The summed E-state index contributed by atoms with van der Waals surface area (Å²) >= 11 is 0. The lowest BCUT2D eigenvalue weighted by molar-refractivity contribution is 0.191. The summed E-state index contributed by atoms with van der Waals surface area (Å²) in [5, 5.41) is 23.5. The third kappa shape index (κ3) is 5.00. The van der Waals surface area contributed by atoms with Gasteiger partial charge in [-0.1, -0.05) is 17.3 Å². The lowest BCUT2D eigenvalue weighted by Crippen LogP contribution is -2.44. The SMILES string of the molecule is CC(C)(CO)NCCS(=O)(=O)c1cccc(/C(N)=N/O)c1. The molecule has 5 N–H and O–H groups in total. The highest BCUT2D eigenvalue weighted by Crippen LogP contribution is 2.13. The van der Waals surface area contributed by atoms with E-state index in [-0.39, 0.29) is 29.6 Å². The van der Waals surface area contributed by atoms with Crippen molar-refractivity contribution in [1.82, 2.24) is 5.32 Å². The largest absolute Gasteiger partial charge is 0.409 e. The molecule has 1 aromatic carbocycles. The first-order valence-electron chi connectivity index (χ1n) is 6.38. The number of aliphatic hydroxyl groups excluding tert-OH is 1. The number of rotatable bonds is 7. The second kappa shape index (κ2) is 6.88. The summed E-state index contributed by atoms with van der Waals surface area (Å²) in [5.41, 5.74) is 5.25.